The van der Waals surface area contributed by atoms with Crippen LogP contribution in [0.3, 0.4) is 0 Å². The van der Waals surface area contributed by atoms with Gasteiger partial charge in [-0.25, -0.2) is 0 Å². The first-order valence-corrected chi connectivity index (χ1v) is 8.32. The van der Waals surface area contributed by atoms with E-state index in [1.165, 1.54) is 11.3 Å². The van der Waals surface area contributed by atoms with Crippen molar-refractivity contribution in [2.24, 2.45) is 7.05 Å². The molecule has 0 aromatic carbocycles. The van der Waals surface area contributed by atoms with Gasteiger partial charge in [0.1, 0.15) is 11.5 Å². The van der Waals surface area contributed by atoms with Crippen molar-refractivity contribution >= 4 is 39.1 Å². The number of aryl methyl sites for hydroxylation is 2. The van der Waals surface area contributed by atoms with Crippen LogP contribution in [0.2, 0.25) is 4.34 Å². The van der Waals surface area contributed by atoms with Gasteiger partial charge in [-0.3, -0.25) is 4.79 Å². The minimum atomic E-state index is -0.0611. The van der Waals surface area contributed by atoms with Crippen molar-refractivity contribution < 1.29 is 9.21 Å². The van der Waals surface area contributed by atoms with Crippen LogP contribution in [0.1, 0.15) is 29.6 Å². The quantitative estimate of drug-likeness (QED) is 0.757. The van der Waals surface area contributed by atoms with E-state index in [0.29, 0.717) is 5.69 Å². The van der Waals surface area contributed by atoms with Crippen molar-refractivity contribution in [3.8, 4) is 0 Å². The van der Waals surface area contributed by atoms with Crippen molar-refractivity contribution in [2.45, 2.75) is 25.8 Å². The van der Waals surface area contributed by atoms with Crippen LogP contribution in [0, 0.1) is 0 Å². The van der Waals surface area contributed by atoms with Crippen molar-refractivity contribution in [1.82, 2.24) is 9.88 Å². The molecule has 3 rings (SSSR count). The Morgan fingerprint density at radius 2 is 2.32 bits per heavy atom. The average molecular weight is 337 g/mol. The van der Waals surface area contributed by atoms with E-state index in [0.717, 1.165) is 33.2 Å². The second kappa shape index (κ2) is 6.18. The summed E-state index contributed by atoms with van der Waals surface area (Å²) in [6.07, 6.45) is 3.32. The van der Waals surface area contributed by atoms with E-state index in [2.05, 4.69) is 5.32 Å². The maximum absolute atomic E-state index is 12.4. The normalized spacial score (nSPS) is 12.7. The zero-order chi connectivity index (χ0) is 15.7. The Balaban J connectivity index is 1.64. The predicted molar refractivity (Wildman–Crippen MR) is 89.8 cm³/mol. The highest BCUT2D eigenvalue weighted by atomic mass is 35.5. The van der Waals surface area contributed by atoms with Gasteiger partial charge >= 0.3 is 0 Å². The SMILES string of the molecule is CC(CCc1ccco1)NC(=O)c1cc2sc(Cl)cc2n1C. The maximum atomic E-state index is 12.4. The highest BCUT2D eigenvalue weighted by Crippen LogP contribution is 2.31. The van der Waals surface area contributed by atoms with Gasteiger partial charge in [0.25, 0.3) is 5.91 Å². The van der Waals surface area contributed by atoms with Crippen LogP contribution >= 0.6 is 22.9 Å². The van der Waals surface area contributed by atoms with Crippen molar-refractivity contribution in [1.29, 1.82) is 0 Å². The Bertz CT molecular complexity index is 789. The van der Waals surface area contributed by atoms with Crippen molar-refractivity contribution in [3.63, 3.8) is 0 Å². The molecule has 1 amide bonds. The second-order valence-electron chi connectivity index (χ2n) is 5.38. The molecule has 116 valence electrons. The number of carbonyl (C=O) groups excluding carboxylic acids is 1. The number of halogens is 1. The van der Waals surface area contributed by atoms with E-state index in [1.807, 2.05) is 42.8 Å². The van der Waals surface area contributed by atoms with Gasteiger partial charge in [0.2, 0.25) is 0 Å². The Labute approximate surface area is 137 Å². The molecule has 1 unspecified atom stereocenters. The molecular formula is C16H17ClN2O2S. The largest absolute Gasteiger partial charge is 0.469 e. The van der Waals surface area contributed by atoms with Crippen LogP contribution in [0.5, 0.6) is 0 Å². The van der Waals surface area contributed by atoms with Gasteiger partial charge in [-0.05, 0) is 37.6 Å². The van der Waals surface area contributed by atoms with Gasteiger partial charge in [-0.1, -0.05) is 11.6 Å². The molecule has 0 fully saturated rings. The molecule has 6 heteroatoms. The van der Waals surface area contributed by atoms with Crippen LogP contribution < -0.4 is 5.32 Å². The molecule has 4 nitrogen and oxygen atoms in total. The Hall–Kier alpha value is -1.72. The summed E-state index contributed by atoms with van der Waals surface area (Å²) in [5.41, 5.74) is 1.64. The van der Waals surface area contributed by atoms with Gasteiger partial charge in [-0.2, -0.15) is 0 Å². The molecule has 0 aliphatic rings. The molecule has 1 atom stereocenters. The molecule has 0 saturated heterocycles. The van der Waals surface area contributed by atoms with E-state index in [1.54, 1.807) is 6.26 Å². The summed E-state index contributed by atoms with van der Waals surface area (Å²) in [6, 6.07) is 7.68. The van der Waals surface area contributed by atoms with Gasteiger partial charge < -0.3 is 14.3 Å². The highest BCUT2D eigenvalue weighted by molar-refractivity contribution is 7.22. The lowest BCUT2D eigenvalue weighted by Gasteiger charge is -2.13. The first-order valence-electron chi connectivity index (χ1n) is 7.12. The van der Waals surface area contributed by atoms with Gasteiger partial charge in [0, 0.05) is 19.5 Å². The highest BCUT2D eigenvalue weighted by Gasteiger charge is 2.17. The molecule has 3 aromatic rings. The van der Waals surface area contributed by atoms with Crippen molar-refractivity contribution in [3.05, 3.63) is 46.3 Å². The molecule has 1 N–H and O–H groups in total. The monoisotopic (exact) mass is 336 g/mol. The fraction of sp³-hybridized carbons (Fsp3) is 0.312. The molecule has 0 spiro atoms. The fourth-order valence-corrected chi connectivity index (χ4v) is 3.69. The summed E-state index contributed by atoms with van der Waals surface area (Å²) >= 11 is 7.48. The number of nitrogens with zero attached hydrogens (tertiary/aromatic N) is 1. The Morgan fingerprint density at radius 3 is 3.00 bits per heavy atom. The number of thiophene rings is 1. The Morgan fingerprint density at radius 1 is 1.50 bits per heavy atom. The molecule has 0 aliphatic carbocycles. The number of hydrogen-bond acceptors (Lipinski definition) is 3. The molecular weight excluding hydrogens is 320 g/mol. The number of furan rings is 1. The third kappa shape index (κ3) is 3.05. The minimum Gasteiger partial charge on any atom is -0.469 e. The number of amides is 1. The molecule has 3 heterocycles. The number of hydrogen-bond donors (Lipinski definition) is 1. The van der Waals surface area contributed by atoms with Crippen LogP contribution in [-0.2, 0) is 13.5 Å². The Kier molecular flexibility index (Phi) is 4.27. The van der Waals surface area contributed by atoms with E-state index in [9.17, 15) is 4.79 Å². The standard InChI is InChI=1S/C16H17ClN2O2S/c1-10(5-6-11-4-3-7-21-11)18-16(20)13-8-14-12(19(13)2)9-15(17)22-14/h3-4,7-10H,5-6H2,1-2H3,(H,18,20). The third-order valence-electron chi connectivity index (χ3n) is 3.71. The summed E-state index contributed by atoms with van der Waals surface area (Å²) < 4.78 is 8.95. The zero-order valence-electron chi connectivity index (χ0n) is 12.4. The number of aromatic nitrogens is 1. The lowest BCUT2D eigenvalue weighted by atomic mass is 10.1. The minimum absolute atomic E-state index is 0.0611. The topological polar surface area (TPSA) is 47.2 Å². The van der Waals surface area contributed by atoms with Crippen LogP contribution in [0.4, 0.5) is 0 Å². The van der Waals surface area contributed by atoms with E-state index < -0.39 is 0 Å². The first kappa shape index (κ1) is 15.2. The lowest BCUT2D eigenvalue weighted by Crippen LogP contribution is -2.33. The summed E-state index contributed by atoms with van der Waals surface area (Å²) in [6.45, 7) is 2.00. The van der Waals surface area contributed by atoms with Gasteiger partial charge in [-0.15, -0.1) is 11.3 Å². The number of nitrogens with one attached hydrogen (secondary N) is 1. The first-order chi connectivity index (χ1) is 10.5. The van der Waals surface area contributed by atoms with Gasteiger partial charge in [0.05, 0.1) is 20.8 Å². The number of carbonyl (C=O) groups is 1. The van der Waals surface area contributed by atoms with E-state index >= 15 is 0 Å². The van der Waals surface area contributed by atoms with Gasteiger partial charge in [0.15, 0.2) is 0 Å². The molecule has 22 heavy (non-hydrogen) atoms. The fourth-order valence-electron chi connectivity index (χ4n) is 2.48. The maximum Gasteiger partial charge on any atom is 0.268 e. The van der Waals surface area contributed by atoms with E-state index in [-0.39, 0.29) is 11.9 Å². The number of rotatable bonds is 5. The lowest BCUT2D eigenvalue weighted by molar-refractivity contribution is 0.0930. The second-order valence-corrected chi connectivity index (χ2v) is 7.10. The molecule has 0 bridgehead atoms. The zero-order valence-corrected chi connectivity index (χ0v) is 14.0. The third-order valence-corrected chi connectivity index (χ3v) is 4.91. The number of fused-ring (bicyclic) bond motifs is 1. The smallest absolute Gasteiger partial charge is 0.268 e. The summed E-state index contributed by atoms with van der Waals surface area (Å²) in [5.74, 6) is 0.879. The van der Waals surface area contributed by atoms with E-state index in [4.69, 9.17) is 16.0 Å². The van der Waals surface area contributed by atoms with Crippen LogP contribution in [0.15, 0.2) is 34.9 Å². The summed E-state index contributed by atoms with van der Waals surface area (Å²) in [7, 11) is 1.88. The summed E-state index contributed by atoms with van der Waals surface area (Å²) in [4.78, 5) is 12.4. The molecule has 0 radical (unpaired) electrons. The summed E-state index contributed by atoms with van der Waals surface area (Å²) in [5, 5.41) is 3.04. The van der Waals surface area contributed by atoms with Crippen LogP contribution in [-0.4, -0.2) is 16.5 Å². The molecule has 0 saturated carbocycles. The van der Waals surface area contributed by atoms with Crippen LogP contribution in [0.25, 0.3) is 10.2 Å². The molecule has 0 aliphatic heterocycles. The van der Waals surface area contributed by atoms with Crippen molar-refractivity contribution in [2.75, 3.05) is 0 Å². The predicted octanol–water partition coefficient (Wildman–Crippen LogP) is 4.24. The molecule has 3 aromatic heterocycles. The average Bonchev–Trinajstić information content (AvgIpc) is 3.15.